The number of aromatic nitrogens is 1. The number of benzene rings is 2. The van der Waals surface area contributed by atoms with Crippen molar-refractivity contribution in [3.05, 3.63) is 63.8 Å². The van der Waals surface area contributed by atoms with Crippen LogP contribution >= 0.6 is 15.9 Å². The summed E-state index contributed by atoms with van der Waals surface area (Å²) in [6.07, 6.45) is 2.08. The summed E-state index contributed by atoms with van der Waals surface area (Å²) in [4.78, 5) is 26.6. The number of nitrogens with zero attached hydrogens (tertiary/aromatic N) is 4. The van der Waals surface area contributed by atoms with E-state index in [0.29, 0.717) is 33.3 Å². The summed E-state index contributed by atoms with van der Waals surface area (Å²) in [5, 5.41) is 29.8. The molecule has 1 amide bonds. The normalized spacial score (nSPS) is 12.5. The fraction of sp³-hybridized carbons (Fsp3) is 0.286. The number of ether oxygens (including phenoxy) is 1. The summed E-state index contributed by atoms with van der Waals surface area (Å²) >= 11 is 3.47. The van der Waals surface area contributed by atoms with Gasteiger partial charge in [-0.05, 0) is 70.2 Å². The molecule has 0 aliphatic heterocycles. The maximum Gasteiger partial charge on any atom is 0.407 e. The van der Waals surface area contributed by atoms with Crippen LogP contribution in [0.5, 0.6) is 5.75 Å². The average Bonchev–Trinajstić information content (AvgIpc) is 3.19. The standard InChI is InChI=1S/C28H27BrN4O4/c1-17(33(27(35)36)28(2,3)4)10-26(34)32-16-23(22-13-21(29)7-8-24(22)32)20(15-31)12-19-11-18(14-30)6-9-25(19)37-5/h6-9,11-13,16-17H,10H2,1-5H3,(H,35,36). The topological polar surface area (TPSA) is 119 Å². The predicted molar refractivity (Wildman–Crippen MR) is 145 cm³/mol. The van der Waals surface area contributed by atoms with Crippen LogP contribution in [-0.4, -0.2) is 45.3 Å². The van der Waals surface area contributed by atoms with Crippen LogP contribution in [0.3, 0.4) is 0 Å². The molecule has 0 fully saturated rings. The van der Waals surface area contributed by atoms with Crippen molar-refractivity contribution in [3.8, 4) is 17.9 Å². The smallest absolute Gasteiger partial charge is 0.407 e. The summed E-state index contributed by atoms with van der Waals surface area (Å²) in [6.45, 7) is 7.04. The second-order valence-corrected chi connectivity index (χ2v) is 10.5. The number of allylic oxidation sites excluding steroid dienone is 1. The summed E-state index contributed by atoms with van der Waals surface area (Å²) in [5.74, 6) is 0.195. The van der Waals surface area contributed by atoms with Gasteiger partial charge in [0.05, 0.1) is 35.9 Å². The van der Waals surface area contributed by atoms with Gasteiger partial charge >= 0.3 is 6.09 Å². The van der Waals surface area contributed by atoms with Gasteiger partial charge in [-0.2, -0.15) is 10.5 Å². The highest BCUT2D eigenvalue weighted by Gasteiger charge is 2.32. The Morgan fingerprint density at radius 1 is 1.22 bits per heavy atom. The minimum atomic E-state index is -1.10. The minimum Gasteiger partial charge on any atom is -0.496 e. The molecule has 8 nitrogen and oxygen atoms in total. The molecule has 3 rings (SSSR count). The van der Waals surface area contributed by atoms with Crippen LogP contribution in [0.25, 0.3) is 22.6 Å². The van der Waals surface area contributed by atoms with Gasteiger partial charge in [-0.15, -0.1) is 0 Å². The number of amides is 1. The third kappa shape index (κ3) is 5.84. The molecule has 0 saturated carbocycles. The number of rotatable bonds is 6. The molecule has 0 radical (unpaired) electrons. The Hall–Kier alpha value is -4.08. The van der Waals surface area contributed by atoms with Crippen LogP contribution in [0, 0.1) is 22.7 Å². The number of methoxy groups -OCH3 is 1. The van der Waals surface area contributed by atoms with E-state index in [1.807, 2.05) is 6.07 Å². The number of hydrogen-bond donors (Lipinski definition) is 1. The summed E-state index contributed by atoms with van der Waals surface area (Å²) < 4.78 is 7.64. The number of carbonyl (C=O) groups excluding carboxylic acids is 1. The number of nitriles is 2. The van der Waals surface area contributed by atoms with Crippen molar-refractivity contribution in [2.75, 3.05) is 7.11 Å². The lowest BCUT2D eigenvalue weighted by atomic mass is 10.0. The highest BCUT2D eigenvalue weighted by atomic mass is 79.9. The van der Waals surface area contributed by atoms with E-state index in [2.05, 4.69) is 28.1 Å². The number of carbonyl (C=O) groups is 2. The van der Waals surface area contributed by atoms with E-state index >= 15 is 0 Å². The van der Waals surface area contributed by atoms with E-state index in [1.165, 1.54) is 16.6 Å². The monoisotopic (exact) mass is 562 g/mol. The lowest BCUT2D eigenvalue weighted by Gasteiger charge is -2.37. The van der Waals surface area contributed by atoms with Crippen molar-refractivity contribution in [3.63, 3.8) is 0 Å². The van der Waals surface area contributed by atoms with Crippen LogP contribution in [0.4, 0.5) is 4.79 Å². The largest absolute Gasteiger partial charge is 0.496 e. The maximum atomic E-state index is 13.4. The molecule has 1 N–H and O–H groups in total. The molecule has 2 aromatic carbocycles. The van der Waals surface area contributed by atoms with Gasteiger partial charge in [-0.3, -0.25) is 9.36 Å². The maximum absolute atomic E-state index is 13.4. The van der Waals surface area contributed by atoms with Crippen molar-refractivity contribution >= 4 is 50.5 Å². The molecule has 0 saturated heterocycles. The van der Waals surface area contributed by atoms with Crippen LogP contribution in [0.15, 0.2) is 47.1 Å². The number of carboxylic acid groups (broad SMARTS) is 1. The fourth-order valence-electron chi connectivity index (χ4n) is 4.44. The zero-order chi connectivity index (χ0) is 27.5. The van der Waals surface area contributed by atoms with Crippen LogP contribution in [0.1, 0.15) is 55.6 Å². The molecule has 37 heavy (non-hydrogen) atoms. The van der Waals surface area contributed by atoms with Gasteiger partial charge in [0.15, 0.2) is 0 Å². The van der Waals surface area contributed by atoms with Crippen molar-refractivity contribution in [2.24, 2.45) is 0 Å². The highest BCUT2D eigenvalue weighted by Crippen LogP contribution is 2.33. The molecule has 1 atom stereocenters. The van der Waals surface area contributed by atoms with Crippen molar-refractivity contribution < 1.29 is 19.4 Å². The number of hydrogen-bond acceptors (Lipinski definition) is 5. The Bertz CT molecular complexity index is 1480. The van der Waals surface area contributed by atoms with Crippen LogP contribution in [0.2, 0.25) is 0 Å². The fourth-order valence-corrected chi connectivity index (χ4v) is 4.81. The van der Waals surface area contributed by atoms with Crippen molar-refractivity contribution in [1.82, 2.24) is 9.47 Å². The van der Waals surface area contributed by atoms with Crippen LogP contribution in [-0.2, 0) is 0 Å². The molecular weight excluding hydrogens is 536 g/mol. The van der Waals surface area contributed by atoms with Crippen LogP contribution < -0.4 is 4.74 Å². The Morgan fingerprint density at radius 2 is 1.92 bits per heavy atom. The van der Waals surface area contributed by atoms with E-state index in [0.717, 1.165) is 4.47 Å². The van der Waals surface area contributed by atoms with E-state index in [1.54, 1.807) is 70.3 Å². The Morgan fingerprint density at radius 3 is 2.49 bits per heavy atom. The molecule has 1 aromatic heterocycles. The van der Waals surface area contributed by atoms with E-state index in [9.17, 15) is 25.2 Å². The first-order valence-electron chi connectivity index (χ1n) is 11.5. The van der Waals surface area contributed by atoms with Gasteiger partial charge in [-0.1, -0.05) is 15.9 Å². The van der Waals surface area contributed by atoms with Gasteiger partial charge in [-0.25, -0.2) is 4.79 Å². The lowest BCUT2D eigenvalue weighted by molar-refractivity contribution is 0.0645. The molecular formula is C28H27BrN4O4. The number of halogens is 1. The molecule has 190 valence electrons. The average molecular weight is 563 g/mol. The van der Waals surface area contributed by atoms with E-state index in [-0.39, 0.29) is 17.9 Å². The molecule has 9 heteroatoms. The number of fused-ring (bicyclic) bond motifs is 1. The molecule has 0 bridgehead atoms. The molecule has 3 aromatic rings. The van der Waals surface area contributed by atoms with Gasteiger partial charge in [0, 0.05) is 45.2 Å². The Labute approximate surface area is 224 Å². The second kappa shape index (κ2) is 10.9. The molecule has 0 aliphatic rings. The first-order valence-corrected chi connectivity index (χ1v) is 12.3. The molecule has 0 spiro atoms. The Kier molecular flexibility index (Phi) is 8.10. The molecule has 1 unspecified atom stereocenters. The highest BCUT2D eigenvalue weighted by molar-refractivity contribution is 9.10. The van der Waals surface area contributed by atoms with Crippen molar-refractivity contribution in [1.29, 1.82) is 10.5 Å². The van der Waals surface area contributed by atoms with Gasteiger partial charge in [0.2, 0.25) is 5.91 Å². The summed E-state index contributed by atoms with van der Waals surface area (Å²) in [5.41, 5.74) is 1.67. The summed E-state index contributed by atoms with van der Waals surface area (Å²) in [7, 11) is 1.51. The predicted octanol–water partition coefficient (Wildman–Crippen LogP) is 6.55. The zero-order valence-corrected chi connectivity index (χ0v) is 22.8. The quantitative estimate of drug-likeness (QED) is 0.340. The van der Waals surface area contributed by atoms with Gasteiger partial charge < -0.3 is 14.7 Å². The third-order valence-electron chi connectivity index (χ3n) is 5.94. The molecule has 0 aliphatic carbocycles. The van der Waals surface area contributed by atoms with Gasteiger partial charge in [0.25, 0.3) is 0 Å². The summed E-state index contributed by atoms with van der Waals surface area (Å²) in [6, 6.07) is 14.0. The van der Waals surface area contributed by atoms with Crippen molar-refractivity contribution in [2.45, 2.75) is 45.7 Å². The van der Waals surface area contributed by atoms with E-state index in [4.69, 9.17) is 4.74 Å². The second-order valence-electron chi connectivity index (χ2n) is 9.58. The lowest BCUT2D eigenvalue weighted by Crippen LogP contribution is -2.50. The SMILES string of the molecule is COc1ccc(C#N)cc1C=C(C#N)c1cn(C(=O)CC(C)N(C(=O)O)C(C)(C)C)c2ccc(Br)cc12. The zero-order valence-electron chi connectivity index (χ0n) is 21.2. The minimum absolute atomic E-state index is 0.0491. The first-order chi connectivity index (χ1) is 17.4. The molecule has 1 heterocycles. The third-order valence-corrected chi connectivity index (χ3v) is 6.44. The Balaban J connectivity index is 2.13. The van der Waals surface area contributed by atoms with Gasteiger partial charge in [0.1, 0.15) is 5.75 Å². The van der Waals surface area contributed by atoms with E-state index < -0.39 is 17.7 Å². The first kappa shape index (κ1) is 27.5.